The Morgan fingerprint density at radius 2 is 1.86 bits per heavy atom. The van der Waals surface area contributed by atoms with Gasteiger partial charge in [0.25, 0.3) is 0 Å². The lowest BCUT2D eigenvalue weighted by molar-refractivity contribution is 0.174. The Bertz CT molecular complexity index is 641. The average Bonchev–Trinajstić information content (AvgIpc) is 3.13. The van der Waals surface area contributed by atoms with Crippen molar-refractivity contribution in [3.8, 4) is 0 Å². The van der Waals surface area contributed by atoms with Crippen LogP contribution in [0.4, 0.5) is 0 Å². The molecule has 0 saturated carbocycles. The van der Waals surface area contributed by atoms with Crippen molar-refractivity contribution in [3.63, 3.8) is 0 Å². The van der Waals surface area contributed by atoms with E-state index in [9.17, 15) is 8.42 Å². The number of aliphatic imine (C=N–C) groups is 1. The van der Waals surface area contributed by atoms with Gasteiger partial charge in [-0.1, -0.05) is 6.07 Å². The fraction of sp³-hybridized carbons (Fsp3) is 0.722. The van der Waals surface area contributed by atoms with Gasteiger partial charge in [0.2, 0.25) is 10.0 Å². The van der Waals surface area contributed by atoms with Gasteiger partial charge in [-0.15, -0.1) is 35.3 Å². The second kappa shape index (κ2) is 14.5. The van der Waals surface area contributed by atoms with Crippen molar-refractivity contribution in [1.29, 1.82) is 0 Å². The molecule has 3 N–H and O–H groups in total. The van der Waals surface area contributed by atoms with Crippen LogP contribution >= 0.6 is 35.3 Å². The Morgan fingerprint density at radius 1 is 1.18 bits per heavy atom. The van der Waals surface area contributed by atoms with Crippen LogP contribution in [0.3, 0.4) is 0 Å². The van der Waals surface area contributed by atoms with Gasteiger partial charge in [-0.3, -0.25) is 9.89 Å². The highest BCUT2D eigenvalue weighted by Crippen LogP contribution is 2.14. The molecule has 0 atom stereocenters. The van der Waals surface area contributed by atoms with Gasteiger partial charge in [-0.05, 0) is 52.5 Å². The Morgan fingerprint density at radius 3 is 2.39 bits per heavy atom. The van der Waals surface area contributed by atoms with E-state index < -0.39 is 10.0 Å². The van der Waals surface area contributed by atoms with Crippen molar-refractivity contribution in [2.75, 3.05) is 32.7 Å². The first-order valence-electron chi connectivity index (χ1n) is 9.59. The minimum atomic E-state index is -3.41. The molecule has 0 radical (unpaired) electrons. The summed E-state index contributed by atoms with van der Waals surface area (Å²) >= 11 is 1.21. The second-order valence-corrected chi connectivity index (χ2v) is 9.74. The van der Waals surface area contributed by atoms with Gasteiger partial charge in [-0.2, -0.15) is 0 Å². The first-order valence-corrected chi connectivity index (χ1v) is 11.9. The summed E-state index contributed by atoms with van der Waals surface area (Å²) < 4.78 is 27.1. The standard InChI is InChI=1S/C18H35N5O2S2.HI/c1-6-19-18(20-10-8-13-23(15(2)3)16(4)5)21-11-12-22-27(24,25)17-9-7-14-26-17;/h7,9,14-16,22H,6,8,10-13H2,1-5H3,(H2,19,20,21);1H. The molecule has 1 aromatic rings. The van der Waals surface area contributed by atoms with E-state index in [0.717, 1.165) is 26.1 Å². The zero-order valence-corrected chi connectivity index (χ0v) is 21.5. The molecule has 164 valence electrons. The molecular formula is C18H36IN5O2S2. The molecule has 0 aliphatic heterocycles. The third kappa shape index (κ3) is 10.4. The number of sulfonamides is 1. The minimum Gasteiger partial charge on any atom is -0.357 e. The SMILES string of the molecule is CCNC(=NCCCN(C(C)C)C(C)C)NCCNS(=O)(=O)c1cccs1.I. The molecule has 28 heavy (non-hydrogen) atoms. The smallest absolute Gasteiger partial charge is 0.250 e. The van der Waals surface area contributed by atoms with Crippen LogP contribution < -0.4 is 15.4 Å². The summed E-state index contributed by atoms with van der Waals surface area (Å²) in [4.78, 5) is 7.03. The quantitative estimate of drug-likeness (QED) is 0.163. The van der Waals surface area contributed by atoms with E-state index in [0.29, 0.717) is 35.3 Å². The molecule has 1 heterocycles. The molecule has 0 aliphatic carbocycles. The Labute approximate surface area is 191 Å². The molecule has 1 aromatic heterocycles. The van der Waals surface area contributed by atoms with Crippen molar-refractivity contribution < 1.29 is 8.42 Å². The number of hydrogen-bond acceptors (Lipinski definition) is 5. The van der Waals surface area contributed by atoms with Crippen molar-refractivity contribution in [2.24, 2.45) is 4.99 Å². The number of hydrogen-bond donors (Lipinski definition) is 3. The molecule has 0 fully saturated rings. The number of rotatable bonds is 12. The lowest BCUT2D eigenvalue weighted by Crippen LogP contribution is -2.41. The number of guanidine groups is 1. The summed E-state index contributed by atoms with van der Waals surface area (Å²) in [6.07, 6.45) is 0.984. The molecule has 0 aromatic carbocycles. The summed E-state index contributed by atoms with van der Waals surface area (Å²) in [6, 6.07) is 4.38. The van der Waals surface area contributed by atoms with Crippen LogP contribution in [0.5, 0.6) is 0 Å². The summed E-state index contributed by atoms with van der Waals surface area (Å²) in [6.45, 7) is 14.1. The van der Waals surface area contributed by atoms with E-state index in [-0.39, 0.29) is 24.0 Å². The van der Waals surface area contributed by atoms with Gasteiger partial charge in [0.1, 0.15) is 4.21 Å². The fourth-order valence-electron chi connectivity index (χ4n) is 2.75. The number of nitrogens with one attached hydrogen (secondary N) is 3. The molecule has 1 rings (SSSR count). The molecule has 0 amide bonds. The third-order valence-electron chi connectivity index (χ3n) is 3.98. The maximum atomic E-state index is 12.1. The fourth-order valence-corrected chi connectivity index (χ4v) is 4.82. The Balaban J connectivity index is 0.00000729. The molecular weight excluding hydrogens is 509 g/mol. The molecule has 0 spiro atoms. The number of thiophene rings is 1. The lowest BCUT2D eigenvalue weighted by atomic mass is 10.2. The van der Waals surface area contributed by atoms with Gasteiger partial charge in [0.05, 0.1) is 0 Å². The van der Waals surface area contributed by atoms with Crippen LogP contribution in [-0.2, 0) is 10.0 Å². The van der Waals surface area contributed by atoms with Crippen molar-refractivity contribution in [3.05, 3.63) is 17.5 Å². The van der Waals surface area contributed by atoms with Gasteiger partial charge in [0, 0.05) is 44.8 Å². The summed E-state index contributed by atoms with van der Waals surface area (Å²) in [5.41, 5.74) is 0. The van der Waals surface area contributed by atoms with E-state index in [1.807, 2.05) is 6.92 Å². The zero-order chi connectivity index (χ0) is 20.3. The maximum absolute atomic E-state index is 12.1. The molecule has 0 unspecified atom stereocenters. The third-order valence-corrected chi connectivity index (χ3v) is 6.84. The molecule has 0 saturated heterocycles. The predicted octanol–water partition coefficient (Wildman–Crippen LogP) is 2.71. The van der Waals surface area contributed by atoms with Gasteiger partial charge >= 0.3 is 0 Å². The van der Waals surface area contributed by atoms with Crippen molar-refractivity contribution in [1.82, 2.24) is 20.3 Å². The molecule has 7 nitrogen and oxygen atoms in total. The van der Waals surface area contributed by atoms with Crippen LogP contribution in [0.15, 0.2) is 26.7 Å². The van der Waals surface area contributed by atoms with Crippen LogP contribution in [0.25, 0.3) is 0 Å². The minimum absolute atomic E-state index is 0. The molecule has 0 aliphatic rings. The summed E-state index contributed by atoms with van der Waals surface area (Å²) in [5, 5.41) is 8.12. The zero-order valence-electron chi connectivity index (χ0n) is 17.6. The largest absolute Gasteiger partial charge is 0.357 e. The van der Waals surface area contributed by atoms with Gasteiger partial charge < -0.3 is 10.6 Å². The van der Waals surface area contributed by atoms with E-state index in [2.05, 4.69) is 52.9 Å². The average molecular weight is 546 g/mol. The first-order chi connectivity index (χ1) is 12.8. The normalized spacial score (nSPS) is 12.5. The van der Waals surface area contributed by atoms with Crippen LogP contribution in [0.2, 0.25) is 0 Å². The van der Waals surface area contributed by atoms with E-state index >= 15 is 0 Å². The van der Waals surface area contributed by atoms with Crippen molar-refractivity contribution >= 4 is 51.3 Å². The first kappa shape index (κ1) is 27.6. The van der Waals surface area contributed by atoms with Crippen LogP contribution in [0, 0.1) is 0 Å². The summed E-state index contributed by atoms with van der Waals surface area (Å²) in [7, 11) is -3.41. The molecule has 10 heteroatoms. The van der Waals surface area contributed by atoms with Crippen molar-refractivity contribution in [2.45, 2.75) is 57.3 Å². The highest BCUT2D eigenvalue weighted by Gasteiger charge is 2.14. The second-order valence-electron chi connectivity index (χ2n) is 6.80. The highest BCUT2D eigenvalue weighted by molar-refractivity contribution is 14.0. The van der Waals surface area contributed by atoms with E-state index in [4.69, 9.17) is 0 Å². The number of halogens is 1. The number of nitrogens with zero attached hydrogens (tertiary/aromatic N) is 2. The topological polar surface area (TPSA) is 85.8 Å². The monoisotopic (exact) mass is 545 g/mol. The van der Waals surface area contributed by atoms with Gasteiger partial charge in [-0.25, -0.2) is 13.1 Å². The van der Waals surface area contributed by atoms with E-state index in [1.165, 1.54) is 11.3 Å². The summed E-state index contributed by atoms with van der Waals surface area (Å²) in [5.74, 6) is 0.716. The Kier molecular flexibility index (Phi) is 14.3. The van der Waals surface area contributed by atoms with E-state index in [1.54, 1.807) is 17.5 Å². The maximum Gasteiger partial charge on any atom is 0.250 e. The molecule has 0 bridgehead atoms. The highest BCUT2D eigenvalue weighted by atomic mass is 127. The van der Waals surface area contributed by atoms with Crippen LogP contribution in [-0.4, -0.2) is 64.1 Å². The predicted molar refractivity (Wildman–Crippen MR) is 130 cm³/mol. The lowest BCUT2D eigenvalue weighted by Gasteiger charge is -2.30. The van der Waals surface area contributed by atoms with Gasteiger partial charge in [0.15, 0.2) is 5.96 Å². The van der Waals surface area contributed by atoms with Crippen LogP contribution in [0.1, 0.15) is 41.0 Å². The Hall–Kier alpha value is -0.430.